The van der Waals surface area contributed by atoms with Crippen LogP contribution in [0, 0.1) is 6.92 Å². The van der Waals surface area contributed by atoms with E-state index >= 15 is 0 Å². The van der Waals surface area contributed by atoms with Crippen LogP contribution in [0.1, 0.15) is 37.3 Å². The van der Waals surface area contributed by atoms with Gasteiger partial charge in [-0.15, -0.1) is 0 Å². The molecule has 1 rings (SSSR count). The summed E-state index contributed by atoms with van der Waals surface area (Å²) in [5.74, 6) is 0.528. The van der Waals surface area contributed by atoms with Gasteiger partial charge in [-0.05, 0) is 25.8 Å². The van der Waals surface area contributed by atoms with Crippen LogP contribution in [0.2, 0.25) is 0 Å². The van der Waals surface area contributed by atoms with Crippen molar-refractivity contribution < 1.29 is 0 Å². The first-order valence-corrected chi connectivity index (χ1v) is 4.87. The van der Waals surface area contributed by atoms with Crippen LogP contribution in [0.15, 0.2) is 36.4 Å². The monoisotopic (exact) mass is 174 g/mol. The molecule has 0 radical (unpaired) electrons. The smallest absolute Gasteiger partial charge is 0.00400 e. The summed E-state index contributed by atoms with van der Waals surface area (Å²) in [6.45, 7) is 10.5. The Bertz CT molecular complexity index is 279. The molecule has 0 heteroatoms. The Morgan fingerprint density at radius 3 is 2.23 bits per heavy atom. The number of benzene rings is 1. The summed E-state index contributed by atoms with van der Waals surface area (Å²) in [5.41, 5.74) is 3.97. The van der Waals surface area contributed by atoms with Crippen LogP contribution in [0.5, 0.6) is 0 Å². The molecule has 0 saturated heterocycles. The molecule has 0 aliphatic carbocycles. The summed E-state index contributed by atoms with van der Waals surface area (Å²) in [5, 5.41) is 0. The minimum absolute atomic E-state index is 0.528. The van der Waals surface area contributed by atoms with Crippen molar-refractivity contribution >= 4 is 0 Å². The standard InChI is InChI=1S/C13H18/c1-5-13(10(2)3)12-8-6-11(4)7-9-12/h6-9,13H,2,5H2,1,3-4H3/t13-/m0/s1. The average molecular weight is 174 g/mol. The normalized spacial score (nSPS) is 12.5. The highest BCUT2D eigenvalue weighted by Gasteiger charge is 2.08. The molecular weight excluding hydrogens is 156 g/mol. The molecule has 0 nitrogen and oxygen atoms in total. The lowest BCUT2D eigenvalue weighted by molar-refractivity contribution is 0.762. The largest absolute Gasteiger partial charge is 0.0995 e. The fourth-order valence-corrected chi connectivity index (χ4v) is 1.67. The molecule has 0 aliphatic rings. The Kier molecular flexibility index (Phi) is 3.30. The third kappa shape index (κ3) is 2.45. The van der Waals surface area contributed by atoms with Gasteiger partial charge in [-0.3, -0.25) is 0 Å². The van der Waals surface area contributed by atoms with Gasteiger partial charge in [0.05, 0.1) is 0 Å². The molecule has 70 valence electrons. The van der Waals surface area contributed by atoms with Gasteiger partial charge < -0.3 is 0 Å². The highest BCUT2D eigenvalue weighted by molar-refractivity contribution is 5.29. The topological polar surface area (TPSA) is 0 Å². The number of allylic oxidation sites excluding steroid dienone is 1. The van der Waals surface area contributed by atoms with Crippen molar-refractivity contribution in [2.24, 2.45) is 0 Å². The Labute approximate surface area is 81.3 Å². The summed E-state index contributed by atoms with van der Waals surface area (Å²) in [6.07, 6.45) is 1.14. The second-order valence-corrected chi connectivity index (χ2v) is 3.72. The molecule has 0 aliphatic heterocycles. The SMILES string of the molecule is C=C(C)[C@H](CC)c1ccc(C)cc1. The van der Waals surface area contributed by atoms with Gasteiger partial charge in [-0.25, -0.2) is 0 Å². The molecule has 0 heterocycles. The van der Waals surface area contributed by atoms with Gasteiger partial charge in [0.15, 0.2) is 0 Å². The van der Waals surface area contributed by atoms with E-state index in [0.29, 0.717) is 5.92 Å². The van der Waals surface area contributed by atoms with Gasteiger partial charge in [0.1, 0.15) is 0 Å². The van der Waals surface area contributed by atoms with E-state index < -0.39 is 0 Å². The molecular formula is C13H18. The molecule has 0 aromatic heterocycles. The maximum absolute atomic E-state index is 4.03. The van der Waals surface area contributed by atoms with Crippen molar-refractivity contribution in [1.82, 2.24) is 0 Å². The first-order valence-electron chi connectivity index (χ1n) is 4.87. The van der Waals surface area contributed by atoms with Gasteiger partial charge in [-0.1, -0.05) is 48.9 Å². The summed E-state index contributed by atoms with van der Waals surface area (Å²) in [4.78, 5) is 0. The lowest BCUT2D eigenvalue weighted by Gasteiger charge is -2.15. The van der Waals surface area contributed by atoms with E-state index in [4.69, 9.17) is 0 Å². The fourth-order valence-electron chi connectivity index (χ4n) is 1.67. The minimum Gasteiger partial charge on any atom is -0.0995 e. The minimum atomic E-state index is 0.528. The van der Waals surface area contributed by atoms with Crippen LogP contribution >= 0.6 is 0 Å². The zero-order valence-corrected chi connectivity index (χ0v) is 8.80. The lowest BCUT2D eigenvalue weighted by atomic mass is 9.90. The molecule has 0 N–H and O–H groups in total. The van der Waals surface area contributed by atoms with Gasteiger partial charge >= 0.3 is 0 Å². The van der Waals surface area contributed by atoms with E-state index in [2.05, 4.69) is 51.6 Å². The van der Waals surface area contributed by atoms with Crippen molar-refractivity contribution in [1.29, 1.82) is 0 Å². The van der Waals surface area contributed by atoms with Crippen molar-refractivity contribution in [3.63, 3.8) is 0 Å². The van der Waals surface area contributed by atoms with E-state index in [1.54, 1.807) is 0 Å². The quantitative estimate of drug-likeness (QED) is 0.606. The molecule has 0 fully saturated rings. The van der Waals surface area contributed by atoms with Crippen LogP contribution < -0.4 is 0 Å². The second kappa shape index (κ2) is 4.27. The van der Waals surface area contributed by atoms with Crippen molar-refractivity contribution in [3.05, 3.63) is 47.5 Å². The highest BCUT2D eigenvalue weighted by Crippen LogP contribution is 2.26. The molecule has 1 aromatic carbocycles. The predicted octanol–water partition coefficient (Wildman–Crippen LogP) is 4.06. The van der Waals surface area contributed by atoms with E-state index in [1.807, 2.05) is 0 Å². The maximum Gasteiger partial charge on any atom is 0.00400 e. The molecule has 1 aromatic rings. The van der Waals surface area contributed by atoms with E-state index in [9.17, 15) is 0 Å². The number of aryl methyl sites for hydroxylation is 1. The fraction of sp³-hybridized carbons (Fsp3) is 0.385. The van der Waals surface area contributed by atoms with Crippen LogP contribution in [0.3, 0.4) is 0 Å². The second-order valence-electron chi connectivity index (χ2n) is 3.72. The molecule has 0 saturated carbocycles. The van der Waals surface area contributed by atoms with E-state index in [1.165, 1.54) is 16.7 Å². The van der Waals surface area contributed by atoms with Gasteiger partial charge in [-0.2, -0.15) is 0 Å². The third-order valence-corrected chi connectivity index (χ3v) is 2.48. The predicted molar refractivity (Wildman–Crippen MR) is 59.0 cm³/mol. The van der Waals surface area contributed by atoms with Crippen LogP contribution in [-0.2, 0) is 0 Å². The zero-order valence-electron chi connectivity index (χ0n) is 8.80. The summed E-state index contributed by atoms with van der Waals surface area (Å²) in [6, 6.07) is 8.75. The Morgan fingerprint density at radius 1 is 1.31 bits per heavy atom. The van der Waals surface area contributed by atoms with Crippen molar-refractivity contribution in [3.8, 4) is 0 Å². The number of hydrogen-bond acceptors (Lipinski definition) is 0. The molecule has 0 spiro atoms. The van der Waals surface area contributed by atoms with Crippen molar-refractivity contribution in [2.45, 2.75) is 33.1 Å². The van der Waals surface area contributed by atoms with Gasteiger partial charge in [0, 0.05) is 5.92 Å². The van der Waals surface area contributed by atoms with Gasteiger partial charge in [0.25, 0.3) is 0 Å². The third-order valence-electron chi connectivity index (χ3n) is 2.48. The first kappa shape index (κ1) is 10.0. The lowest BCUT2D eigenvalue weighted by Crippen LogP contribution is -1.97. The molecule has 0 bridgehead atoms. The Balaban J connectivity index is 2.92. The van der Waals surface area contributed by atoms with E-state index in [0.717, 1.165) is 6.42 Å². The first-order chi connectivity index (χ1) is 6.15. The number of rotatable bonds is 3. The average Bonchev–Trinajstić information content (AvgIpc) is 2.09. The van der Waals surface area contributed by atoms with Crippen molar-refractivity contribution in [2.75, 3.05) is 0 Å². The molecule has 1 atom stereocenters. The highest BCUT2D eigenvalue weighted by atomic mass is 14.1. The summed E-state index contributed by atoms with van der Waals surface area (Å²) < 4.78 is 0. The van der Waals surface area contributed by atoms with E-state index in [-0.39, 0.29) is 0 Å². The summed E-state index contributed by atoms with van der Waals surface area (Å²) >= 11 is 0. The Morgan fingerprint density at radius 2 is 1.85 bits per heavy atom. The number of hydrogen-bond donors (Lipinski definition) is 0. The Hall–Kier alpha value is -1.04. The maximum atomic E-state index is 4.03. The van der Waals surface area contributed by atoms with Crippen LogP contribution in [0.4, 0.5) is 0 Å². The van der Waals surface area contributed by atoms with Crippen LogP contribution in [0.25, 0.3) is 0 Å². The zero-order chi connectivity index (χ0) is 9.84. The summed E-state index contributed by atoms with van der Waals surface area (Å²) in [7, 11) is 0. The van der Waals surface area contributed by atoms with Crippen LogP contribution in [-0.4, -0.2) is 0 Å². The van der Waals surface area contributed by atoms with Gasteiger partial charge in [0.2, 0.25) is 0 Å². The molecule has 13 heavy (non-hydrogen) atoms. The molecule has 0 unspecified atom stereocenters. The molecule has 0 amide bonds.